The third-order valence-corrected chi connectivity index (χ3v) is 4.23. The van der Waals surface area contributed by atoms with Crippen LogP contribution >= 0.6 is 15.9 Å². The van der Waals surface area contributed by atoms with Crippen molar-refractivity contribution >= 4 is 27.4 Å². The number of pyridine rings is 1. The molecule has 3 aromatic rings. The molecule has 5 heteroatoms. The molecule has 2 heterocycles. The predicted octanol–water partition coefficient (Wildman–Crippen LogP) is 4.10. The molecule has 20 heavy (non-hydrogen) atoms. The van der Waals surface area contributed by atoms with Crippen molar-refractivity contribution in [1.29, 1.82) is 0 Å². The Hall–Kier alpha value is -1.88. The van der Waals surface area contributed by atoms with Crippen LogP contribution in [0.15, 0.2) is 34.9 Å². The number of benzene rings is 1. The minimum absolute atomic E-state index is 0.292. The monoisotopic (exact) mass is 333 g/mol. The van der Waals surface area contributed by atoms with Crippen LogP contribution in [0.5, 0.6) is 0 Å². The quantitative estimate of drug-likeness (QED) is 0.728. The van der Waals surface area contributed by atoms with E-state index >= 15 is 0 Å². The van der Waals surface area contributed by atoms with Gasteiger partial charge in [-0.15, -0.1) is 0 Å². The minimum Gasteiger partial charge on any atom is -0.383 e. The molecule has 0 bridgehead atoms. The number of rotatable bonds is 1. The van der Waals surface area contributed by atoms with Crippen LogP contribution < -0.4 is 5.73 Å². The second-order valence-corrected chi connectivity index (χ2v) is 5.69. The van der Waals surface area contributed by atoms with Gasteiger partial charge in [-0.05, 0) is 59.1 Å². The molecule has 0 aliphatic carbocycles. The summed E-state index contributed by atoms with van der Waals surface area (Å²) in [5.41, 5.74) is 10.3. The van der Waals surface area contributed by atoms with Gasteiger partial charge in [0.1, 0.15) is 23.0 Å². The van der Waals surface area contributed by atoms with Gasteiger partial charge in [-0.2, -0.15) is 0 Å². The van der Waals surface area contributed by atoms with Gasteiger partial charge in [0.2, 0.25) is 0 Å². The van der Waals surface area contributed by atoms with E-state index in [4.69, 9.17) is 5.73 Å². The molecule has 0 radical (unpaired) electrons. The molecule has 0 aliphatic rings. The van der Waals surface area contributed by atoms with Gasteiger partial charge >= 0.3 is 0 Å². The highest BCUT2D eigenvalue weighted by Crippen LogP contribution is 2.31. The number of fused-ring (bicyclic) bond motifs is 1. The summed E-state index contributed by atoms with van der Waals surface area (Å²) in [6, 6.07) is 6.58. The average molecular weight is 334 g/mol. The first-order chi connectivity index (χ1) is 9.47. The third kappa shape index (κ3) is 1.98. The summed E-state index contributed by atoms with van der Waals surface area (Å²) in [4.78, 5) is 4.54. The van der Waals surface area contributed by atoms with Crippen LogP contribution in [0.25, 0.3) is 16.9 Å². The zero-order valence-corrected chi connectivity index (χ0v) is 12.7. The highest BCUT2D eigenvalue weighted by Gasteiger charge is 2.14. The predicted molar refractivity (Wildman–Crippen MR) is 82.2 cm³/mol. The second-order valence-electron chi connectivity index (χ2n) is 4.84. The lowest BCUT2D eigenvalue weighted by Crippen LogP contribution is -1.96. The van der Waals surface area contributed by atoms with Crippen molar-refractivity contribution < 1.29 is 4.39 Å². The van der Waals surface area contributed by atoms with Crippen LogP contribution in [-0.4, -0.2) is 9.38 Å². The zero-order valence-electron chi connectivity index (χ0n) is 11.1. The fraction of sp³-hybridized carbons (Fsp3) is 0.133. The normalized spacial score (nSPS) is 11.2. The van der Waals surface area contributed by atoms with Crippen LogP contribution in [-0.2, 0) is 0 Å². The van der Waals surface area contributed by atoms with Gasteiger partial charge in [0, 0.05) is 16.2 Å². The van der Waals surface area contributed by atoms with E-state index in [2.05, 4.69) is 20.9 Å². The van der Waals surface area contributed by atoms with Gasteiger partial charge in [0.15, 0.2) is 0 Å². The Balaban J connectivity index is 2.32. The van der Waals surface area contributed by atoms with E-state index in [1.54, 1.807) is 10.5 Å². The van der Waals surface area contributed by atoms with Crippen molar-refractivity contribution in [2.24, 2.45) is 0 Å². The Morgan fingerprint density at radius 1 is 1.20 bits per heavy atom. The second kappa shape index (κ2) is 4.59. The standard InChI is InChI=1S/C15H13BrFN3/c1-8-3-4-10(17)6-11(8)14-15(18)20-7-12(16)9(2)5-13(20)19-14/h3-7H,18H2,1-2H3. The van der Waals surface area contributed by atoms with E-state index in [0.29, 0.717) is 11.5 Å². The van der Waals surface area contributed by atoms with Gasteiger partial charge in [0.25, 0.3) is 0 Å². The Labute approximate surface area is 124 Å². The number of hydrogen-bond donors (Lipinski definition) is 1. The summed E-state index contributed by atoms with van der Waals surface area (Å²) >= 11 is 3.48. The first-order valence-corrected chi connectivity index (χ1v) is 6.97. The number of nitrogens with zero attached hydrogens (tertiary/aromatic N) is 2. The van der Waals surface area contributed by atoms with Crippen molar-refractivity contribution in [3.8, 4) is 11.3 Å². The number of anilines is 1. The SMILES string of the molecule is Cc1cc2nc(-c3cc(F)ccc3C)c(N)n2cc1Br. The lowest BCUT2D eigenvalue weighted by Gasteiger charge is -2.04. The largest absolute Gasteiger partial charge is 0.383 e. The maximum Gasteiger partial charge on any atom is 0.139 e. The first kappa shape index (κ1) is 13.1. The van der Waals surface area contributed by atoms with Gasteiger partial charge < -0.3 is 5.73 Å². The van der Waals surface area contributed by atoms with Crippen molar-refractivity contribution in [1.82, 2.24) is 9.38 Å². The Morgan fingerprint density at radius 3 is 2.70 bits per heavy atom. The first-order valence-electron chi connectivity index (χ1n) is 6.17. The minimum atomic E-state index is -0.292. The van der Waals surface area contributed by atoms with Gasteiger partial charge in [-0.1, -0.05) is 6.07 Å². The zero-order chi connectivity index (χ0) is 14.4. The Bertz CT molecular complexity index is 824. The van der Waals surface area contributed by atoms with Crippen LogP contribution in [0.1, 0.15) is 11.1 Å². The van der Waals surface area contributed by atoms with Crippen molar-refractivity contribution in [2.75, 3.05) is 5.73 Å². The van der Waals surface area contributed by atoms with E-state index in [-0.39, 0.29) is 5.82 Å². The van der Waals surface area contributed by atoms with Crippen molar-refractivity contribution in [3.05, 3.63) is 51.9 Å². The molecule has 0 spiro atoms. The molecule has 0 fully saturated rings. The lowest BCUT2D eigenvalue weighted by molar-refractivity contribution is 0.628. The lowest BCUT2D eigenvalue weighted by atomic mass is 10.1. The number of halogens is 2. The highest BCUT2D eigenvalue weighted by atomic mass is 79.9. The van der Waals surface area contributed by atoms with E-state index in [9.17, 15) is 4.39 Å². The molecular formula is C15H13BrFN3. The third-order valence-electron chi connectivity index (χ3n) is 3.39. The highest BCUT2D eigenvalue weighted by molar-refractivity contribution is 9.10. The van der Waals surface area contributed by atoms with Crippen molar-refractivity contribution in [2.45, 2.75) is 13.8 Å². The number of hydrogen-bond acceptors (Lipinski definition) is 2. The van der Waals surface area contributed by atoms with E-state index < -0.39 is 0 Å². The van der Waals surface area contributed by atoms with Gasteiger partial charge in [-0.3, -0.25) is 4.40 Å². The summed E-state index contributed by atoms with van der Waals surface area (Å²) in [6.45, 7) is 3.90. The number of nitrogen functional groups attached to an aromatic ring is 1. The molecule has 0 amide bonds. The van der Waals surface area contributed by atoms with Gasteiger partial charge in [0.05, 0.1) is 0 Å². The number of imidazole rings is 1. The molecule has 3 rings (SSSR count). The maximum atomic E-state index is 13.5. The molecule has 0 saturated heterocycles. The fourth-order valence-electron chi connectivity index (χ4n) is 2.23. The van der Waals surface area contributed by atoms with Crippen LogP contribution in [0, 0.1) is 19.7 Å². The Morgan fingerprint density at radius 2 is 1.95 bits per heavy atom. The van der Waals surface area contributed by atoms with E-state index in [0.717, 1.165) is 26.8 Å². The molecule has 0 saturated carbocycles. The van der Waals surface area contributed by atoms with Crippen LogP contribution in [0.2, 0.25) is 0 Å². The molecular weight excluding hydrogens is 321 g/mol. The Kier molecular flexibility index (Phi) is 3.01. The smallest absolute Gasteiger partial charge is 0.139 e. The number of aryl methyl sites for hydroxylation is 2. The number of aromatic nitrogens is 2. The summed E-state index contributed by atoms with van der Waals surface area (Å²) in [5, 5.41) is 0. The van der Waals surface area contributed by atoms with Crippen molar-refractivity contribution in [3.63, 3.8) is 0 Å². The molecule has 102 valence electrons. The summed E-state index contributed by atoms with van der Waals surface area (Å²) in [5.74, 6) is 0.216. The van der Waals surface area contributed by atoms with Crippen LogP contribution in [0.3, 0.4) is 0 Å². The summed E-state index contributed by atoms with van der Waals surface area (Å²) in [6.07, 6.45) is 1.88. The molecule has 0 atom stereocenters. The molecule has 1 aromatic carbocycles. The molecule has 0 unspecified atom stereocenters. The topological polar surface area (TPSA) is 43.3 Å². The summed E-state index contributed by atoms with van der Waals surface area (Å²) < 4.78 is 16.2. The van der Waals surface area contributed by atoms with E-state index in [1.807, 2.05) is 26.1 Å². The molecule has 3 nitrogen and oxygen atoms in total. The van der Waals surface area contributed by atoms with E-state index in [1.165, 1.54) is 12.1 Å². The maximum absolute atomic E-state index is 13.5. The van der Waals surface area contributed by atoms with Crippen LogP contribution in [0.4, 0.5) is 10.2 Å². The molecule has 2 aromatic heterocycles. The van der Waals surface area contributed by atoms with Gasteiger partial charge in [-0.25, -0.2) is 9.37 Å². The average Bonchev–Trinajstić information content (AvgIpc) is 2.70. The fourth-order valence-corrected chi connectivity index (χ4v) is 2.55. The summed E-state index contributed by atoms with van der Waals surface area (Å²) in [7, 11) is 0. The molecule has 2 N–H and O–H groups in total. The number of nitrogens with two attached hydrogens (primary N) is 1. The molecule has 0 aliphatic heterocycles.